The van der Waals surface area contributed by atoms with Crippen molar-refractivity contribution >= 4 is 11.6 Å². The second-order valence-corrected chi connectivity index (χ2v) is 7.18. The van der Waals surface area contributed by atoms with Crippen molar-refractivity contribution in [3.05, 3.63) is 58.2 Å². The minimum Gasteiger partial charge on any atom is -0.381 e. The molecule has 0 unspecified atom stereocenters. The quantitative estimate of drug-likeness (QED) is 0.726. The predicted molar refractivity (Wildman–Crippen MR) is 98.9 cm³/mol. The molecule has 1 saturated heterocycles. The van der Waals surface area contributed by atoms with Crippen LogP contribution in [-0.2, 0) is 9.53 Å². The molecule has 0 spiro atoms. The van der Waals surface area contributed by atoms with Gasteiger partial charge in [0.15, 0.2) is 11.6 Å². The molecule has 2 aliphatic rings. The number of carbonyl (C=O) groups is 2. The van der Waals surface area contributed by atoms with Crippen LogP contribution in [-0.4, -0.2) is 24.8 Å². The van der Waals surface area contributed by atoms with Crippen molar-refractivity contribution in [1.82, 2.24) is 0 Å². The summed E-state index contributed by atoms with van der Waals surface area (Å²) in [6, 6.07) is 8.01. The molecule has 25 heavy (non-hydrogen) atoms. The molecule has 3 heteroatoms. The number of carbonyl (C=O) groups excluding carboxylic acids is 2. The van der Waals surface area contributed by atoms with E-state index in [1.165, 1.54) is 5.56 Å². The molecule has 1 fully saturated rings. The van der Waals surface area contributed by atoms with Crippen molar-refractivity contribution in [2.45, 2.75) is 51.9 Å². The molecule has 0 radical (unpaired) electrons. The monoisotopic (exact) mass is 338 g/mol. The highest BCUT2D eigenvalue weighted by molar-refractivity contribution is 6.01. The van der Waals surface area contributed by atoms with Gasteiger partial charge in [0.1, 0.15) is 0 Å². The number of allylic oxidation sites excluding steroid dienone is 4. The van der Waals surface area contributed by atoms with Crippen LogP contribution in [0.2, 0.25) is 0 Å². The maximum Gasteiger partial charge on any atom is 0.163 e. The average Bonchev–Trinajstić information content (AvgIpc) is 2.61. The summed E-state index contributed by atoms with van der Waals surface area (Å²) in [4.78, 5) is 24.6. The Kier molecular flexibility index (Phi) is 5.64. The Balaban J connectivity index is 1.62. The van der Waals surface area contributed by atoms with Gasteiger partial charge in [0, 0.05) is 31.6 Å². The van der Waals surface area contributed by atoms with Crippen molar-refractivity contribution < 1.29 is 14.3 Å². The van der Waals surface area contributed by atoms with Crippen molar-refractivity contribution in [3.8, 4) is 0 Å². The van der Waals surface area contributed by atoms with Gasteiger partial charge in [0.25, 0.3) is 0 Å². The molecule has 0 N–H and O–H groups in total. The summed E-state index contributed by atoms with van der Waals surface area (Å²) in [6.45, 7) is 5.58. The summed E-state index contributed by atoms with van der Waals surface area (Å²) in [5.41, 5.74) is 4.96. The summed E-state index contributed by atoms with van der Waals surface area (Å²) in [6.07, 6.45) is 5.58. The van der Waals surface area contributed by atoms with Gasteiger partial charge in [-0.15, -0.1) is 0 Å². The van der Waals surface area contributed by atoms with Gasteiger partial charge in [0.05, 0.1) is 0 Å². The molecule has 0 saturated carbocycles. The van der Waals surface area contributed by atoms with Gasteiger partial charge in [-0.2, -0.15) is 0 Å². The fraction of sp³-hybridized carbons (Fsp3) is 0.455. The molecule has 0 aromatic heterocycles. The summed E-state index contributed by atoms with van der Waals surface area (Å²) in [5, 5.41) is 0. The second-order valence-electron chi connectivity index (χ2n) is 7.18. The number of rotatable bonds is 5. The number of hydrogen-bond acceptors (Lipinski definition) is 3. The van der Waals surface area contributed by atoms with E-state index in [4.69, 9.17) is 4.74 Å². The third-order valence-corrected chi connectivity index (χ3v) is 5.24. The first kappa shape index (κ1) is 17.8. The topological polar surface area (TPSA) is 43.4 Å². The zero-order chi connectivity index (χ0) is 17.8. The van der Waals surface area contributed by atoms with Gasteiger partial charge in [-0.3, -0.25) is 9.59 Å². The molecule has 1 aliphatic heterocycles. The molecule has 0 amide bonds. The normalized spacial score (nSPS) is 19.1. The van der Waals surface area contributed by atoms with E-state index in [9.17, 15) is 9.59 Å². The molecular weight excluding hydrogens is 312 g/mol. The van der Waals surface area contributed by atoms with E-state index in [1.54, 1.807) is 0 Å². The highest BCUT2D eigenvalue weighted by atomic mass is 16.5. The van der Waals surface area contributed by atoms with Crippen LogP contribution in [0.4, 0.5) is 0 Å². The van der Waals surface area contributed by atoms with Crippen molar-refractivity contribution in [2.75, 3.05) is 13.2 Å². The van der Waals surface area contributed by atoms with Crippen LogP contribution in [0.15, 0.2) is 47.1 Å². The summed E-state index contributed by atoms with van der Waals surface area (Å²) >= 11 is 0. The maximum absolute atomic E-state index is 12.5. The van der Waals surface area contributed by atoms with E-state index in [0.29, 0.717) is 25.2 Å². The minimum absolute atomic E-state index is 0.109. The fourth-order valence-corrected chi connectivity index (χ4v) is 3.78. The van der Waals surface area contributed by atoms with Crippen molar-refractivity contribution in [2.24, 2.45) is 0 Å². The molecule has 3 nitrogen and oxygen atoms in total. The van der Waals surface area contributed by atoms with E-state index in [0.717, 1.165) is 48.3 Å². The molecule has 132 valence electrons. The molecule has 1 aromatic carbocycles. The number of benzene rings is 1. The summed E-state index contributed by atoms with van der Waals surface area (Å²) < 4.78 is 5.41. The molecule has 3 rings (SSSR count). The Hall–Kier alpha value is -2.00. The highest BCUT2D eigenvalue weighted by Crippen LogP contribution is 2.28. The molecular formula is C22H26O3. The molecule has 1 aliphatic carbocycles. The Morgan fingerprint density at radius 2 is 1.80 bits per heavy atom. The molecule has 1 heterocycles. The van der Waals surface area contributed by atoms with Gasteiger partial charge in [-0.05, 0) is 55.7 Å². The Labute approximate surface area is 149 Å². The lowest BCUT2D eigenvalue weighted by Crippen LogP contribution is -2.14. The van der Waals surface area contributed by atoms with Gasteiger partial charge in [-0.25, -0.2) is 0 Å². The lowest BCUT2D eigenvalue weighted by molar-refractivity contribution is -0.115. The number of hydrogen-bond donors (Lipinski definition) is 0. The van der Waals surface area contributed by atoms with Gasteiger partial charge < -0.3 is 4.74 Å². The largest absolute Gasteiger partial charge is 0.381 e. The minimum atomic E-state index is 0.109. The van der Waals surface area contributed by atoms with Crippen LogP contribution >= 0.6 is 0 Å². The van der Waals surface area contributed by atoms with Crippen LogP contribution in [0.25, 0.3) is 0 Å². The first-order valence-electron chi connectivity index (χ1n) is 9.15. The number of Topliss-reactive ketones (excluding diaryl/α,β-unsaturated/α-hetero) is 2. The third-order valence-electron chi connectivity index (χ3n) is 5.24. The summed E-state index contributed by atoms with van der Waals surface area (Å²) in [5.74, 6) is 0.818. The van der Waals surface area contributed by atoms with Crippen LogP contribution in [0.1, 0.15) is 67.8 Å². The maximum atomic E-state index is 12.5. The lowest BCUT2D eigenvalue weighted by Gasteiger charge is -2.22. The third kappa shape index (κ3) is 4.35. The number of ether oxygens (including phenoxy) is 1. The van der Waals surface area contributed by atoms with E-state index in [2.05, 4.69) is 18.2 Å². The first-order valence-corrected chi connectivity index (χ1v) is 9.15. The van der Waals surface area contributed by atoms with Crippen LogP contribution in [0, 0.1) is 0 Å². The van der Waals surface area contributed by atoms with Crippen LogP contribution in [0.5, 0.6) is 0 Å². The predicted octanol–water partition coefficient (Wildman–Crippen LogP) is 4.78. The Morgan fingerprint density at radius 1 is 1.12 bits per heavy atom. The zero-order valence-electron chi connectivity index (χ0n) is 15.1. The Bertz CT molecular complexity index is 716. The fourth-order valence-electron chi connectivity index (χ4n) is 3.78. The van der Waals surface area contributed by atoms with Crippen LogP contribution in [0.3, 0.4) is 0 Å². The van der Waals surface area contributed by atoms with E-state index >= 15 is 0 Å². The van der Waals surface area contributed by atoms with E-state index in [-0.39, 0.29) is 11.6 Å². The molecule has 0 atom stereocenters. The lowest BCUT2D eigenvalue weighted by atomic mass is 9.88. The van der Waals surface area contributed by atoms with Crippen molar-refractivity contribution in [1.29, 1.82) is 0 Å². The average molecular weight is 338 g/mol. The summed E-state index contributed by atoms with van der Waals surface area (Å²) in [7, 11) is 0. The van der Waals surface area contributed by atoms with Gasteiger partial charge >= 0.3 is 0 Å². The van der Waals surface area contributed by atoms with Gasteiger partial charge in [-0.1, -0.05) is 35.9 Å². The highest BCUT2D eigenvalue weighted by Gasteiger charge is 2.19. The van der Waals surface area contributed by atoms with Gasteiger partial charge in [0.2, 0.25) is 0 Å². The second kappa shape index (κ2) is 7.92. The smallest absolute Gasteiger partial charge is 0.163 e. The SMILES string of the molecule is CC1=CC(C)=C(CCC(=O)c2ccc(C3CCOCC3)cc2)C(=O)C1. The first-order chi connectivity index (χ1) is 12.0. The number of ketones is 2. The Morgan fingerprint density at radius 3 is 2.44 bits per heavy atom. The molecule has 0 bridgehead atoms. The standard InChI is InChI=1S/C22H26O3/c1-15-13-16(2)20(22(24)14-15)7-8-21(23)19-5-3-17(4-6-19)18-9-11-25-12-10-18/h3-6,13,18H,7-12,14H2,1-2H3. The van der Waals surface area contributed by atoms with Crippen molar-refractivity contribution in [3.63, 3.8) is 0 Å². The van der Waals surface area contributed by atoms with Crippen LogP contribution < -0.4 is 0 Å². The zero-order valence-corrected chi connectivity index (χ0v) is 15.1. The molecule has 1 aromatic rings. The van der Waals surface area contributed by atoms with E-state index in [1.807, 2.05) is 26.0 Å². The van der Waals surface area contributed by atoms with E-state index < -0.39 is 0 Å².